The minimum Gasteiger partial charge on any atom is -0.480 e. The number of likely N-dealkylation sites (tertiary alicyclic amines) is 1. The summed E-state index contributed by atoms with van der Waals surface area (Å²) in [5, 5.41) is 9.15. The predicted octanol–water partition coefficient (Wildman–Crippen LogP) is 0.611. The van der Waals surface area contributed by atoms with Crippen LogP contribution in [0.2, 0.25) is 0 Å². The van der Waals surface area contributed by atoms with Crippen LogP contribution in [0.1, 0.15) is 19.8 Å². The molecular weight excluding hydrogens is 208 g/mol. The highest BCUT2D eigenvalue weighted by Gasteiger charge is 2.46. The van der Waals surface area contributed by atoms with Gasteiger partial charge in [0.1, 0.15) is 5.54 Å². The minimum absolute atomic E-state index is 0.186. The van der Waals surface area contributed by atoms with Crippen molar-refractivity contribution in [1.29, 1.82) is 0 Å². The van der Waals surface area contributed by atoms with Gasteiger partial charge >= 0.3 is 12.0 Å². The lowest BCUT2D eigenvalue weighted by Crippen LogP contribution is -2.54. The lowest BCUT2D eigenvalue weighted by molar-refractivity contribution is -0.147. The molecule has 1 aliphatic rings. The van der Waals surface area contributed by atoms with Crippen molar-refractivity contribution in [2.24, 2.45) is 0 Å². The molecule has 1 fully saturated rings. The van der Waals surface area contributed by atoms with E-state index in [0.717, 1.165) is 0 Å². The zero-order valence-corrected chi connectivity index (χ0v) is 9.56. The summed E-state index contributed by atoms with van der Waals surface area (Å²) in [6, 6.07) is -0.319. The summed E-state index contributed by atoms with van der Waals surface area (Å²) in [4.78, 5) is 25.8. The number of carboxylic acid groups (broad SMARTS) is 1. The molecule has 1 aliphatic heterocycles. The van der Waals surface area contributed by atoms with E-state index in [1.807, 2.05) is 0 Å². The van der Waals surface area contributed by atoms with Crippen LogP contribution < -0.4 is 0 Å². The average Bonchev–Trinajstić information content (AvgIpc) is 2.61. The lowest BCUT2D eigenvalue weighted by Gasteiger charge is -2.33. The molecule has 0 radical (unpaired) electrons. The van der Waals surface area contributed by atoms with Crippen molar-refractivity contribution < 1.29 is 14.7 Å². The molecule has 0 aromatic heterocycles. The number of amides is 2. The Labute approximate surface area is 95.0 Å². The molecule has 0 saturated carbocycles. The van der Waals surface area contributed by atoms with Gasteiger partial charge < -0.3 is 14.9 Å². The number of carbonyl (C=O) groups is 2. The van der Waals surface area contributed by atoms with Crippen molar-refractivity contribution in [1.82, 2.24) is 9.80 Å². The first-order valence-electron chi connectivity index (χ1n) is 5.13. The van der Waals surface area contributed by atoms with Gasteiger partial charge in [-0.2, -0.15) is 0 Å². The van der Waals surface area contributed by atoms with Crippen LogP contribution in [0.15, 0.2) is 0 Å². The topological polar surface area (TPSA) is 60.9 Å². The summed E-state index contributed by atoms with van der Waals surface area (Å²) in [6.07, 6.45) is 6.31. The maximum Gasteiger partial charge on any atom is 0.329 e. The highest BCUT2D eigenvalue weighted by Crippen LogP contribution is 2.29. The summed E-state index contributed by atoms with van der Waals surface area (Å²) in [7, 11) is 1.57. The van der Waals surface area contributed by atoms with E-state index in [1.165, 1.54) is 9.80 Å². The van der Waals surface area contributed by atoms with E-state index in [9.17, 15) is 9.59 Å². The zero-order chi connectivity index (χ0) is 12.3. The summed E-state index contributed by atoms with van der Waals surface area (Å²) in [5.41, 5.74) is -1.10. The molecule has 1 heterocycles. The van der Waals surface area contributed by atoms with Crippen LogP contribution in [0.25, 0.3) is 0 Å². The van der Waals surface area contributed by atoms with Gasteiger partial charge in [0, 0.05) is 13.6 Å². The van der Waals surface area contributed by atoms with Crippen LogP contribution in [-0.4, -0.2) is 52.6 Å². The van der Waals surface area contributed by atoms with Crippen LogP contribution in [0.5, 0.6) is 0 Å². The van der Waals surface area contributed by atoms with Crippen LogP contribution in [0.4, 0.5) is 4.79 Å². The van der Waals surface area contributed by atoms with Crippen molar-refractivity contribution in [2.45, 2.75) is 25.3 Å². The van der Waals surface area contributed by atoms with Gasteiger partial charge in [-0.3, -0.25) is 0 Å². The van der Waals surface area contributed by atoms with E-state index >= 15 is 0 Å². The van der Waals surface area contributed by atoms with Gasteiger partial charge in [0.2, 0.25) is 0 Å². The molecule has 0 aromatic rings. The fraction of sp³-hybridized carbons (Fsp3) is 0.636. The monoisotopic (exact) mass is 224 g/mol. The third-order valence-corrected chi connectivity index (χ3v) is 2.99. The first kappa shape index (κ1) is 12.4. The Hall–Kier alpha value is -1.70. The van der Waals surface area contributed by atoms with Crippen molar-refractivity contribution in [2.75, 3.05) is 20.1 Å². The molecule has 1 unspecified atom stereocenters. The Balaban J connectivity index is 2.84. The number of urea groups is 1. The Morgan fingerprint density at radius 3 is 2.75 bits per heavy atom. The smallest absolute Gasteiger partial charge is 0.329 e. The van der Waals surface area contributed by atoms with Crippen LogP contribution in [0, 0.1) is 12.3 Å². The standard InChI is InChI=1S/C11H16N2O3/c1-4-7-12(3)10(16)13-8-5-6-11(13,2)9(14)15/h1H,5-8H2,2-3H3,(H,14,15). The lowest BCUT2D eigenvalue weighted by atomic mass is 10.00. The van der Waals surface area contributed by atoms with Crippen LogP contribution in [-0.2, 0) is 4.79 Å². The highest BCUT2D eigenvalue weighted by molar-refractivity contribution is 5.86. The van der Waals surface area contributed by atoms with Gasteiger partial charge in [-0.15, -0.1) is 6.42 Å². The normalized spacial score (nSPS) is 23.9. The Kier molecular flexibility index (Phi) is 3.43. The first-order valence-corrected chi connectivity index (χ1v) is 5.13. The first-order chi connectivity index (χ1) is 7.43. The Bertz CT molecular complexity index is 348. The fourth-order valence-corrected chi connectivity index (χ4v) is 1.90. The Morgan fingerprint density at radius 2 is 2.25 bits per heavy atom. The molecule has 1 atom stereocenters. The molecular formula is C11H16N2O3. The third kappa shape index (κ3) is 1.96. The molecule has 1 rings (SSSR count). The van der Waals surface area contributed by atoms with Gasteiger partial charge in [0.15, 0.2) is 0 Å². The quantitative estimate of drug-likeness (QED) is 0.699. The average molecular weight is 224 g/mol. The molecule has 88 valence electrons. The molecule has 0 bridgehead atoms. The number of carbonyl (C=O) groups excluding carboxylic acids is 1. The van der Waals surface area contributed by atoms with Crippen molar-refractivity contribution in [3.05, 3.63) is 0 Å². The summed E-state index contributed by atoms with van der Waals surface area (Å²) < 4.78 is 0. The zero-order valence-electron chi connectivity index (χ0n) is 9.56. The van der Waals surface area contributed by atoms with Crippen LogP contribution in [0.3, 0.4) is 0 Å². The predicted molar refractivity (Wildman–Crippen MR) is 58.8 cm³/mol. The highest BCUT2D eigenvalue weighted by atomic mass is 16.4. The van der Waals surface area contributed by atoms with Crippen molar-refractivity contribution in [3.8, 4) is 12.3 Å². The number of aliphatic carboxylic acids is 1. The van der Waals surface area contributed by atoms with Gasteiger partial charge in [0.05, 0.1) is 6.54 Å². The molecule has 0 spiro atoms. The summed E-state index contributed by atoms with van der Waals surface area (Å²) >= 11 is 0. The maximum absolute atomic E-state index is 11.9. The fourth-order valence-electron chi connectivity index (χ4n) is 1.90. The molecule has 5 nitrogen and oxygen atoms in total. The summed E-state index contributed by atoms with van der Waals surface area (Å²) in [6.45, 7) is 2.23. The van der Waals surface area contributed by atoms with E-state index in [0.29, 0.717) is 19.4 Å². The molecule has 5 heteroatoms. The second kappa shape index (κ2) is 4.44. The second-order valence-corrected chi connectivity index (χ2v) is 4.18. The number of hydrogen-bond acceptors (Lipinski definition) is 2. The largest absolute Gasteiger partial charge is 0.480 e. The molecule has 1 saturated heterocycles. The second-order valence-electron chi connectivity index (χ2n) is 4.18. The number of terminal acetylenes is 1. The molecule has 2 amide bonds. The SMILES string of the molecule is C#CCN(C)C(=O)N1CCCC1(C)C(=O)O. The maximum atomic E-state index is 11.9. The number of hydrogen-bond donors (Lipinski definition) is 1. The van der Waals surface area contributed by atoms with Crippen LogP contribution >= 0.6 is 0 Å². The minimum atomic E-state index is -1.10. The van der Waals surface area contributed by atoms with Gasteiger partial charge in [-0.1, -0.05) is 5.92 Å². The van der Waals surface area contributed by atoms with Gasteiger partial charge in [-0.25, -0.2) is 9.59 Å². The van der Waals surface area contributed by atoms with E-state index in [4.69, 9.17) is 11.5 Å². The van der Waals surface area contributed by atoms with Gasteiger partial charge in [-0.05, 0) is 19.8 Å². The summed E-state index contributed by atoms with van der Waals surface area (Å²) in [5.74, 6) is 1.39. The third-order valence-electron chi connectivity index (χ3n) is 2.99. The van der Waals surface area contributed by atoms with E-state index < -0.39 is 11.5 Å². The molecule has 0 aromatic carbocycles. The number of nitrogens with zero attached hydrogens (tertiary/aromatic N) is 2. The van der Waals surface area contributed by atoms with E-state index in [-0.39, 0.29) is 12.6 Å². The number of rotatable bonds is 2. The number of carboxylic acids is 1. The molecule has 1 N–H and O–H groups in total. The Morgan fingerprint density at radius 1 is 1.62 bits per heavy atom. The molecule has 0 aliphatic carbocycles. The molecule has 16 heavy (non-hydrogen) atoms. The van der Waals surface area contributed by atoms with Crippen molar-refractivity contribution in [3.63, 3.8) is 0 Å². The van der Waals surface area contributed by atoms with Crippen molar-refractivity contribution >= 4 is 12.0 Å². The van der Waals surface area contributed by atoms with E-state index in [2.05, 4.69) is 5.92 Å². The van der Waals surface area contributed by atoms with E-state index in [1.54, 1.807) is 14.0 Å². The van der Waals surface area contributed by atoms with Gasteiger partial charge in [0.25, 0.3) is 0 Å².